The van der Waals surface area contributed by atoms with Crippen molar-refractivity contribution in [2.24, 2.45) is 4.99 Å². The van der Waals surface area contributed by atoms with E-state index in [1.165, 1.54) is 16.5 Å². The molecule has 3 heteroatoms. The minimum absolute atomic E-state index is 0.501. The maximum atomic E-state index is 4.56. The van der Waals surface area contributed by atoms with Crippen LogP contribution >= 0.6 is 11.8 Å². The zero-order valence-electron chi connectivity index (χ0n) is 7.89. The van der Waals surface area contributed by atoms with E-state index in [4.69, 9.17) is 0 Å². The Kier molecular flexibility index (Phi) is 1.98. The SMILES string of the molecule is c1ccc(C2CN=C3SCCN32)cc1. The smallest absolute Gasteiger partial charge is 0.159 e. The van der Waals surface area contributed by atoms with Crippen molar-refractivity contribution in [1.82, 2.24) is 4.90 Å². The summed E-state index contributed by atoms with van der Waals surface area (Å²) in [7, 11) is 0. The predicted molar refractivity (Wildman–Crippen MR) is 60.6 cm³/mol. The number of fused-ring (bicyclic) bond motifs is 1. The van der Waals surface area contributed by atoms with Gasteiger partial charge in [-0.05, 0) is 5.56 Å². The molecule has 1 unspecified atom stereocenters. The van der Waals surface area contributed by atoms with E-state index in [0.717, 1.165) is 13.1 Å². The van der Waals surface area contributed by atoms with Gasteiger partial charge in [-0.2, -0.15) is 0 Å². The van der Waals surface area contributed by atoms with Crippen LogP contribution in [0.3, 0.4) is 0 Å². The maximum absolute atomic E-state index is 4.56. The summed E-state index contributed by atoms with van der Waals surface area (Å²) in [5.74, 6) is 1.20. The minimum Gasteiger partial charge on any atom is -0.342 e. The van der Waals surface area contributed by atoms with Gasteiger partial charge in [-0.3, -0.25) is 4.99 Å². The van der Waals surface area contributed by atoms with Crippen molar-refractivity contribution >= 4 is 16.9 Å². The molecule has 72 valence electrons. The van der Waals surface area contributed by atoms with E-state index < -0.39 is 0 Å². The van der Waals surface area contributed by atoms with Crippen molar-refractivity contribution in [3.63, 3.8) is 0 Å². The second kappa shape index (κ2) is 3.31. The molecule has 2 aliphatic heterocycles. The van der Waals surface area contributed by atoms with Crippen molar-refractivity contribution < 1.29 is 0 Å². The molecule has 0 radical (unpaired) electrons. The lowest BCUT2D eigenvalue weighted by atomic mass is 10.1. The molecule has 0 N–H and O–H groups in total. The first-order valence-electron chi connectivity index (χ1n) is 4.94. The Bertz CT molecular complexity index is 361. The van der Waals surface area contributed by atoms with Gasteiger partial charge in [-0.25, -0.2) is 0 Å². The zero-order chi connectivity index (χ0) is 9.38. The lowest BCUT2D eigenvalue weighted by molar-refractivity contribution is 0.381. The molecule has 1 aromatic carbocycles. The summed E-state index contributed by atoms with van der Waals surface area (Å²) >= 11 is 1.89. The molecule has 0 aliphatic carbocycles. The van der Waals surface area contributed by atoms with Crippen molar-refractivity contribution in [3.05, 3.63) is 35.9 Å². The van der Waals surface area contributed by atoms with Crippen LogP contribution in [0.25, 0.3) is 0 Å². The second-order valence-electron chi connectivity index (χ2n) is 3.59. The molecule has 0 spiro atoms. The third kappa shape index (κ3) is 1.23. The molecule has 0 bridgehead atoms. The fourth-order valence-corrected chi connectivity index (χ4v) is 3.08. The van der Waals surface area contributed by atoms with Crippen molar-refractivity contribution in [1.29, 1.82) is 0 Å². The van der Waals surface area contributed by atoms with Crippen LogP contribution in [-0.2, 0) is 0 Å². The Hall–Kier alpha value is -0.960. The molecule has 2 heterocycles. The van der Waals surface area contributed by atoms with Crippen molar-refractivity contribution in [3.8, 4) is 0 Å². The van der Waals surface area contributed by atoms with E-state index >= 15 is 0 Å². The van der Waals surface area contributed by atoms with Gasteiger partial charge in [0.05, 0.1) is 12.6 Å². The molecular weight excluding hydrogens is 192 g/mol. The van der Waals surface area contributed by atoms with Crippen LogP contribution < -0.4 is 0 Å². The van der Waals surface area contributed by atoms with E-state index in [1.54, 1.807) is 0 Å². The van der Waals surface area contributed by atoms with Crippen molar-refractivity contribution in [2.45, 2.75) is 6.04 Å². The number of thioether (sulfide) groups is 1. The number of hydrogen-bond donors (Lipinski definition) is 0. The Morgan fingerprint density at radius 1 is 1.29 bits per heavy atom. The number of rotatable bonds is 1. The van der Waals surface area contributed by atoms with E-state index in [1.807, 2.05) is 11.8 Å². The molecule has 1 saturated heterocycles. The molecule has 0 amide bonds. The summed E-state index contributed by atoms with van der Waals surface area (Å²) in [6.07, 6.45) is 0. The molecule has 2 nitrogen and oxygen atoms in total. The van der Waals surface area contributed by atoms with Crippen LogP contribution in [0, 0.1) is 0 Å². The van der Waals surface area contributed by atoms with Gasteiger partial charge in [0.1, 0.15) is 0 Å². The van der Waals surface area contributed by atoms with Gasteiger partial charge in [0, 0.05) is 12.3 Å². The quantitative estimate of drug-likeness (QED) is 0.696. The summed E-state index contributed by atoms with van der Waals surface area (Å²) in [6.45, 7) is 2.09. The van der Waals surface area contributed by atoms with Crippen LogP contribution in [-0.4, -0.2) is 28.9 Å². The van der Waals surface area contributed by atoms with Crippen LogP contribution in [0.5, 0.6) is 0 Å². The van der Waals surface area contributed by atoms with Crippen molar-refractivity contribution in [2.75, 3.05) is 18.8 Å². The number of hydrogen-bond acceptors (Lipinski definition) is 3. The van der Waals surface area contributed by atoms with Gasteiger partial charge >= 0.3 is 0 Å². The summed E-state index contributed by atoms with van der Waals surface area (Å²) in [6, 6.07) is 11.2. The molecule has 0 saturated carbocycles. The molecule has 1 atom stereocenters. The topological polar surface area (TPSA) is 15.6 Å². The van der Waals surface area contributed by atoms with Crippen LogP contribution in [0.4, 0.5) is 0 Å². The van der Waals surface area contributed by atoms with Gasteiger partial charge in [0.25, 0.3) is 0 Å². The second-order valence-corrected chi connectivity index (χ2v) is 4.65. The normalized spacial score (nSPS) is 25.0. The van der Waals surface area contributed by atoms with E-state index in [0.29, 0.717) is 6.04 Å². The molecular formula is C11H12N2S. The predicted octanol–water partition coefficient (Wildman–Crippen LogP) is 2.15. The maximum Gasteiger partial charge on any atom is 0.159 e. The first kappa shape index (κ1) is 8.36. The largest absolute Gasteiger partial charge is 0.342 e. The average Bonchev–Trinajstić information content (AvgIpc) is 2.79. The van der Waals surface area contributed by atoms with E-state index in [-0.39, 0.29) is 0 Å². The molecule has 14 heavy (non-hydrogen) atoms. The first-order chi connectivity index (χ1) is 6.95. The number of amidine groups is 1. The Morgan fingerprint density at radius 3 is 3.00 bits per heavy atom. The Morgan fingerprint density at radius 2 is 2.14 bits per heavy atom. The van der Waals surface area contributed by atoms with Crippen LogP contribution in [0.2, 0.25) is 0 Å². The van der Waals surface area contributed by atoms with E-state index in [2.05, 4.69) is 40.2 Å². The van der Waals surface area contributed by atoms with Gasteiger partial charge in [-0.15, -0.1) is 0 Å². The highest BCUT2D eigenvalue weighted by Gasteiger charge is 2.32. The van der Waals surface area contributed by atoms with Crippen LogP contribution in [0.15, 0.2) is 35.3 Å². The van der Waals surface area contributed by atoms with Gasteiger partial charge in [0.15, 0.2) is 5.17 Å². The van der Waals surface area contributed by atoms with Crippen LogP contribution in [0.1, 0.15) is 11.6 Å². The number of aliphatic imine (C=N–C) groups is 1. The summed E-state index contributed by atoms with van der Waals surface area (Å²) in [5.41, 5.74) is 1.40. The zero-order valence-corrected chi connectivity index (χ0v) is 8.70. The third-order valence-electron chi connectivity index (χ3n) is 2.77. The fraction of sp³-hybridized carbons (Fsp3) is 0.364. The van der Waals surface area contributed by atoms with Gasteiger partial charge in [-0.1, -0.05) is 42.1 Å². The number of nitrogens with zero attached hydrogens (tertiary/aromatic N) is 2. The minimum atomic E-state index is 0.501. The lowest BCUT2D eigenvalue weighted by Crippen LogP contribution is -2.25. The molecule has 0 aromatic heterocycles. The third-order valence-corrected chi connectivity index (χ3v) is 3.78. The highest BCUT2D eigenvalue weighted by molar-refractivity contribution is 8.14. The first-order valence-corrected chi connectivity index (χ1v) is 5.92. The lowest BCUT2D eigenvalue weighted by Gasteiger charge is -2.21. The summed E-state index contributed by atoms with van der Waals surface area (Å²) in [5, 5.41) is 1.25. The van der Waals surface area contributed by atoms with Gasteiger partial charge < -0.3 is 4.90 Å². The fourth-order valence-electron chi connectivity index (χ4n) is 2.06. The highest BCUT2D eigenvalue weighted by atomic mass is 32.2. The Balaban J connectivity index is 1.89. The van der Waals surface area contributed by atoms with E-state index in [9.17, 15) is 0 Å². The average molecular weight is 204 g/mol. The summed E-state index contributed by atoms with van der Waals surface area (Å²) in [4.78, 5) is 6.99. The van der Waals surface area contributed by atoms with Gasteiger partial charge in [0.2, 0.25) is 0 Å². The molecule has 1 aromatic rings. The molecule has 3 rings (SSSR count). The Labute approximate surface area is 88.0 Å². The molecule has 1 fully saturated rings. The highest BCUT2D eigenvalue weighted by Crippen LogP contribution is 2.33. The standard InChI is InChI=1S/C11H12N2S/c1-2-4-9(5-3-1)10-8-12-11-13(10)6-7-14-11/h1-5,10H,6-8H2. The number of benzene rings is 1. The molecule has 2 aliphatic rings. The summed E-state index contributed by atoms with van der Waals surface area (Å²) < 4.78 is 0. The monoisotopic (exact) mass is 204 g/mol.